The molecule has 3 rings (SSSR count). The number of fused-ring (bicyclic) bond motifs is 1. The van der Waals surface area contributed by atoms with Gasteiger partial charge >= 0.3 is 5.97 Å². The van der Waals surface area contributed by atoms with E-state index < -0.39 is 0 Å². The molecule has 0 aromatic carbocycles. The Balaban J connectivity index is 2.09. The molecule has 0 aliphatic heterocycles. The van der Waals surface area contributed by atoms with Gasteiger partial charge in [-0.05, 0) is 63.8 Å². The first-order chi connectivity index (χ1) is 15.0. The number of esters is 1. The summed E-state index contributed by atoms with van der Waals surface area (Å²) in [7, 11) is 0. The maximum absolute atomic E-state index is 11.8. The number of aryl methyl sites for hydroxylation is 2. The molecule has 0 aliphatic carbocycles. The maximum Gasteiger partial charge on any atom is 0.305 e. The van der Waals surface area contributed by atoms with Crippen molar-refractivity contribution in [1.82, 2.24) is 14.6 Å². The van der Waals surface area contributed by atoms with Crippen LogP contribution in [-0.2, 0) is 27.1 Å². The van der Waals surface area contributed by atoms with Crippen molar-refractivity contribution in [3.63, 3.8) is 0 Å². The second kappa shape index (κ2) is 10.2. The normalized spacial score (nSPS) is 11.0. The predicted molar refractivity (Wildman–Crippen MR) is 123 cm³/mol. The number of nitrogens with zero attached hydrogens (tertiary/aromatic N) is 3. The van der Waals surface area contributed by atoms with Gasteiger partial charge in [-0.1, -0.05) is 13.5 Å². The molecule has 0 N–H and O–H groups in total. The minimum Gasteiger partial charge on any atom is -0.494 e. The van der Waals surface area contributed by atoms with E-state index in [-0.39, 0.29) is 5.97 Å². The standard InChI is InChI=1S/C25H31N3O3/c1-6-21-12-13-23-25(20-14-19(15-26-16-20)18(5)30-7-2)22(17(4)27-28(21)23)10-9-11-24(29)31-8-3/h12-16H,5-11H2,1-4H3. The van der Waals surface area contributed by atoms with Crippen LogP contribution in [0.1, 0.15) is 56.1 Å². The fourth-order valence-electron chi connectivity index (χ4n) is 3.85. The van der Waals surface area contributed by atoms with E-state index in [1.165, 1.54) is 0 Å². The van der Waals surface area contributed by atoms with Crippen LogP contribution < -0.4 is 0 Å². The van der Waals surface area contributed by atoms with E-state index in [0.717, 1.165) is 52.0 Å². The van der Waals surface area contributed by atoms with Crippen molar-refractivity contribution in [2.45, 2.75) is 53.4 Å². The summed E-state index contributed by atoms with van der Waals surface area (Å²) in [5.74, 6) is 0.440. The summed E-state index contributed by atoms with van der Waals surface area (Å²) in [6.07, 6.45) is 6.34. The molecule has 0 spiro atoms. The molecule has 6 nitrogen and oxygen atoms in total. The summed E-state index contributed by atoms with van der Waals surface area (Å²) >= 11 is 0. The van der Waals surface area contributed by atoms with Crippen LogP contribution in [0.2, 0.25) is 0 Å². The molecule has 0 saturated carbocycles. The first kappa shape index (κ1) is 22.5. The minimum absolute atomic E-state index is 0.164. The van der Waals surface area contributed by atoms with Gasteiger partial charge in [-0.2, -0.15) is 5.10 Å². The summed E-state index contributed by atoms with van der Waals surface area (Å²) in [6, 6.07) is 6.29. The number of aromatic nitrogens is 3. The Labute approximate surface area is 183 Å². The smallest absolute Gasteiger partial charge is 0.305 e. The van der Waals surface area contributed by atoms with Gasteiger partial charge in [0.05, 0.1) is 24.4 Å². The molecule has 3 aromatic heterocycles. The number of carbonyl (C=O) groups is 1. The molecule has 164 valence electrons. The van der Waals surface area contributed by atoms with Crippen molar-refractivity contribution in [3.8, 4) is 11.1 Å². The zero-order valence-electron chi connectivity index (χ0n) is 18.9. The number of hydrogen-bond donors (Lipinski definition) is 0. The van der Waals surface area contributed by atoms with Gasteiger partial charge in [0.15, 0.2) is 0 Å². The third-order valence-electron chi connectivity index (χ3n) is 5.32. The lowest BCUT2D eigenvalue weighted by Crippen LogP contribution is -2.08. The van der Waals surface area contributed by atoms with Crippen LogP contribution in [0, 0.1) is 6.92 Å². The highest BCUT2D eigenvalue weighted by Gasteiger charge is 2.18. The van der Waals surface area contributed by atoms with Crippen LogP contribution in [0.3, 0.4) is 0 Å². The molecule has 0 saturated heterocycles. The van der Waals surface area contributed by atoms with Crippen LogP contribution in [0.4, 0.5) is 0 Å². The molecule has 0 fully saturated rings. The van der Waals surface area contributed by atoms with E-state index in [9.17, 15) is 4.79 Å². The molecule has 0 bridgehead atoms. The van der Waals surface area contributed by atoms with Crippen LogP contribution in [0.25, 0.3) is 22.4 Å². The molecule has 3 heterocycles. The van der Waals surface area contributed by atoms with E-state index in [2.05, 4.69) is 36.7 Å². The van der Waals surface area contributed by atoms with E-state index in [0.29, 0.717) is 31.8 Å². The Bertz CT molecular complexity index is 1090. The second-order valence-corrected chi connectivity index (χ2v) is 7.39. The SMILES string of the molecule is C=C(OCC)c1cncc(-c2c(CCCC(=O)OCC)c(C)nn3c(CC)ccc23)c1. The summed E-state index contributed by atoms with van der Waals surface area (Å²) in [6.45, 7) is 12.9. The number of hydrogen-bond acceptors (Lipinski definition) is 5. The Morgan fingerprint density at radius 2 is 1.90 bits per heavy atom. The minimum atomic E-state index is -0.164. The van der Waals surface area contributed by atoms with E-state index in [1.807, 2.05) is 31.5 Å². The topological polar surface area (TPSA) is 65.7 Å². The maximum atomic E-state index is 11.8. The number of pyridine rings is 1. The third-order valence-corrected chi connectivity index (χ3v) is 5.32. The van der Waals surface area contributed by atoms with E-state index in [4.69, 9.17) is 14.6 Å². The van der Waals surface area contributed by atoms with Crippen LogP contribution in [0.15, 0.2) is 37.2 Å². The van der Waals surface area contributed by atoms with Gasteiger partial charge in [0.2, 0.25) is 0 Å². The van der Waals surface area contributed by atoms with Crippen LogP contribution >= 0.6 is 0 Å². The lowest BCUT2D eigenvalue weighted by atomic mass is 9.95. The van der Waals surface area contributed by atoms with Gasteiger partial charge in [0.25, 0.3) is 0 Å². The molecule has 0 atom stereocenters. The highest BCUT2D eigenvalue weighted by Crippen LogP contribution is 2.33. The van der Waals surface area contributed by atoms with Crippen molar-refractivity contribution in [2.24, 2.45) is 0 Å². The predicted octanol–water partition coefficient (Wildman–Crippen LogP) is 5.16. The van der Waals surface area contributed by atoms with Gasteiger partial charge < -0.3 is 9.47 Å². The number of ether oxygens (including phenoxy) is 2. The molecule has 31 heavy (non-hydrogen) atoms. The van der Waals surface area contributed by atoms with E-state index in [1.54, 1.807) is 6.20 Å². The first-order valence-electron chi connectivity index (χ1n) is 10.9. The lowest BCUT2D eigenvalue weighted by Gasteiger charge is -2.16. The van der Waals surface area contributed by atoms with Gasteiger partial charge in [-0.3, -0.25) is 9.78 Å². The highest BCUT2D eigenvalue weighted by molar-refractivity contribution is 5.84. The molecular formula is C25H31N3O3. The zero-order valence-corrected chi connectivity index (χ0v) is 18.9. The summed E-state index contributed by atoms with van der Waals surface area (Å²) in [4.78, 5) is 16.3. The van der Waals surface area contributed by atoms with Gasteiger partial charge in [-0.25, -0.2) is 4.52 Å². The van der Waals surface area contributed by atoms with Gasteiger partial charge in [0, 0.05) is 41.2 Å². The molecule has 0 amide bonds. The Kier molecular flexibility index (Phi) is 7.45. The molecule has 0 aliphatic rings. The van der Waals surface area contributed by atoms with Gasteiger partial charge in [0.1, 0.15) is 5.76 Å². The summed E-state index contributed by atoms with van der Waals surface area (Å²) in [5.41, 5.74) is 7.20. The third kappa shape index (κ3) is 4.95. The molecule has 0 radical (unpaired) electrons. The Hall–Kier alpha value is -3.15. The van der Waals surface area contributed by atoms with Gasteiger partial charge in [-0.15, -0.1) is 0 Å². The monoisotopic (exact) mass is 421 g/mol. The number of carbonyl (C=O) groups excluding carboxylic acids is 1. The van der Waals surface area contributed by atoms with Crippen LogP contribution in [-0.4, -0.2) is 33.8 Å². The average Bonchev–Trinajstić information content (AvgIpc) is 3.16. The zero-order chi connectivity index (χ0) is 22.4. The summed E-state index contributed by atoms with van der Waals surface area (Å²) in [5, 5.41) is 4.85. The fourth-order valence-corrected chi connectivity index (χ4v) is 3.85. The quantitative estimate of drug-likeness (QED) is 0.334. The number of rotatable bonds is 10. The van der Waals surface area contributed by atoms with Crippen LogP contribution in [0.5, 0.6) is 0 Å². The molecule has 6 heteroatoms. The van der Waals surface area contributed by atoms with Crippen molar-refractivity contribution in [3.05, 3.63) is 59.7 Å². The Morgan fingerprint density at radius 1 is 1.13 bits per heavy atom. The molecule has 3 aromatic rings. The van der Waals surface area contributed by atoms with Crippen molar-refractivity contribution in [1.29, 1.82) is 0 Å². The Morgan fingerprint density at radius 3 is 2.61 bits per heavy atom. The summed E-state index contributed by atoms with van der Waals surface area (Å²) < 4.78 is 12.7. The fraction of sp³-hybridized carbons (Fsp3) is 0.400. The lowest BCUT2D eigenvalue weighted by molar-refractivity contribution is -0.143. The second-order valence-electron chi connectivity index (χ2n) is 7.39. The van der Waals surface area contributed by atoms with Crippen molar-refractivity contribution in [2.75, 3.05) is 13.2 Å². The first-order valence-corrected chi connectivity index (χ1v) is 10.9. The molecular weight excluding hydrogens is 390 g/mol. The average molecular weight is 422 g/mol. The van der Waals surface area contributed by atoms with Crippen molar-refractivity contribution >= 4 is 17.2 Å². The van der Waals surface area contributed by atoms with Crippen molar-refractivity contribution < 1.29 is 14.3 Å². The largest absolute Gasteiger partial charge is 0.494 e. The molecule has 0 unspecified atom stereocenters. The highest BCUT2D eigenvalue weighted by atomic mass is 16.5. The van der Waals surface area contributed by atoms with E-state index >= 15 is 0 Å².